The smallest absolute Gasteiger partial charge is 0.657 e. The van der Waals surface area contributed by atoms with E-state index in [9.17, 15) is 87.8 Å². The molecule has 33 heteroatoms. The van der Waals surface area contributed by atoms with Gasteiger partial charge in [0.25, 0.3) is 0 Å². The summed E-state index contributed by atoms with van der Waals surface area (Å²) in [5.41, 5.74) is -32.7. The molecule has 0 atom stereocenters. The molecule has 0 amide bonds. The van der Waals surface area contributed by atoms with E-state index in [1.165, 1.54) is 0 Å². The molecule has 354 valence electrons. The Hall–Kier alpha value is -4.74. The molecule has 0 spiro atoms. The molecule has 0 N–H and O–H groups in total. The zero-order valence-electron chi connectivity index (χ0n) is 29.7. The summed E-state index contributed by atoms with van der Waals surface area (Å²) in [7, 11) is 0. The maximum Gasteiger partial charge on any atom is 2.00 e. The number of halogens is 28. The van der Waals surface area contributed by atoms with Crippen molar-refractivity contribution in [1.82, 2.24) is 19.9 Å². The van der Waals surface area contributed by atoms with Crippen molar-refractivity contribution in [3.63, 3.8) is 0 Å². The van der Waals surface area contributed by atoms with Crippen molar-refractivity contribution in [2.24, 2.45) is 0 Å². The van der Waals surface area contributed by atoms with Crippen molar-refractivity contribution in [2.75, 3.05) is 0 Å². The molecule has 4 nitrogen and oxygen atoms in total. The normalized spacial score (nSPS) is 15.4. The molecule has 65 heavy (non-hydrogen) atoms. The van der Waals surface area contributed by atoms with E-state index in [1.807, 2.05) is 0 Å². The monoisotopic (exact) mass is 1040 g/mol. The van der Waals surface area contributed by atoms with E-state index in [0.29, 0.717) is 0 Å². The largest absolute Gasteiger partial charge is 2.00 e. The van der Waals surface area contributed by atoms with E-state index < -0.39 is 188 Å². The van der Waals surface area contributed by atoms with Crippen molar-refractivity contribution in [2.45, 2.75) is 72.1 Å². The first-order valence-electron chi connectivity index (χ1n) is 15.7. The third-order valence-electron chi connectivity index (χ3n) is 8.87. The zero-order chi connectivity index (χ0) is 49.4. The average molecular weight is 1050 g/mol. The minimum Gasteiger partial charge on any atom is -0.657 e. The van der Waals surface area contributed by atoms with Gasteiger partial charge in [-0.2, -0.15) is 123 Å². The summed E-state index contributed by atoms with van der Waals surface area (Å²) in [6, 6.07) is -2.11. The van der Waals surface area contributed by atoms with Gasteiger partial charge in [0.1, 0.15) is 0 Å². The van der Waals surface area contributed by atoms with Gasteiger partial charge in [-0.25, -0.2) is 9.97 Å². The van der Waals surface area contributed by atoms with Crippen LogP contribution in [0.15, 0.2) is 24.3 Å². The first-order valence-corrected chi connectivity index (χ1v) is 15.7. The van der Waals surface area contributed by atoms with E-state index >= 15 is 35.1 Å². The molecule has 0 aromatic carbocycles. The van der Waals surface area contributed by atoms with Gasteiger partial charge in [0.2, 0.25) is 0 Å². The van der Waals surface area contributed by atoms with Crippen LogP contribution < -0.4 is 9.97 Å². The van der Waals surface area contributed by atoms with Crippen molar-refractivity contribution in [1.29, 1.82) is 0 Å². The van der Waals surface area contributed by atoms with Crippen LogP contribution in [-0.2, 0) is 43.2 Å². The van der Waals surface area contributed by atoms with Gasteiger partial charge >= 0.3 is 91.6 Å². The fourth-order valence-electron chi connectivity index (χ4n) is 5.71. The predicted octanol–water partition coefficient (Wildman–Crippen LogP) is 13.1. The second kappa shape index (κ2) is 15.1. The van der Waals surface area contributed by atoms with Gasteiger partial charge in [0.15, 0.2) is 0 Å². The molecule has 3 aromatic heterocycles. The Morgan fingerprint density at radius 3 is 0.569 bits per heavy atom. The summed E-state index contributed by atoms with van der Waals surface area (Å²) in [4.78, 5) is 10.4. The van der Waals surface area contributed by atoms with E-state index in [0.717, 1.165) is 0 Å². The molecule has 0 saturated carbocycles. The maximum absolute atomic E-state index is 15.6. The maximum atomic E-state index is 15.6. The van der Waals surface area contributed by atoms with Crippen molar-refractivity contribution >= 4 is 46.4 Å². The van der Waals surface area contributed by atoms with Crippen molar-refractivity contribution in [3.8, 4) is 0 Å². The van der Waals surface area contributed by atoms with Gasteiger partial charge in [-0.15, -0.1) is 22.1 Å². The molecule has 2 aliphatic rings. The summed E-state index contributed by atoms with van der Waals surface area (Å²) in [6.07, 6.45) is -32.0. The van der Waals surface area contributed by atoms with Crippen LogP contribution in [0.25, 0.3) is 46.4 Å². The molecular weight excluding hydrogens is 1040 g/mol. The summed E-state index contributed by atoms with van der Waals surface area (Å²) >= 11 is 0. The molecule has 0 fully saturated rings. The van der Waals surface area contributed by atoms with Crippen molar-refractivity contribution in [3.05, 3.63) is 69.3 Å². The summed E-state index contributed by atoms with van der Waals surface area (Å²) in [5, 5.41) is 0. The van der Waals surface area contributed by atoms with Crippen LogP contribution >= 0.6 is 0 Å². The number of alkyl halides is 28. The summed E-state index contributed by atoms with van der Waals surface area (Å²) < 4.78 is 402. The molecule has 0 unspecified atom stereocenters. The van der Waals surface area contributed by atoms with Gasteiger partial charge in [-0.3, -0.25) is 0 Å². The summed E-state index contributed by atoms with van der Waals surface area (Å²) in [6.45, 7) is 0. The molecule has 3 aromatic rings. The molecule has 8 bridgehead atoms. The SMILES string of the molecule is FC(F)(F)C(F)(F)C(F)(F)c1c2nc(c(C(F)(F)C(F)(F)C(F)(F)F)c3ccc([n-]3)c(C(F)(F)C(F)(F)C(F)(F)F)c3nc(c(C(F)(F)C(F)(F)C(F)(F)F)c4ccc1[n-]4)C=C3)C=C2.[Zn+2]. The van der Waals surface area contributed by atoms with Crippen LogP contribution in [0.2, 0.25) is 0 Å². The van der Waals surface area contributed by atoms with Gasteiger partial charge < -0.3 is 9.97 Å². The first-order chi connectivity index (χ1) is 28.4. The van der Waals surface area contributed by atoms with Crippen LogP contribution in [0.1, 0.15) is 45.0 Å². The fraction of sp³-hybridized carbons (Fsp3) is 0.375. The predicted molar refractivity (Wildman–Crippen MR) is 156 cm³/mol. The third-order valence-corrected chi connectivity index (χ3v) is 8.87. The number of nitrogens with zero attached hydrogens (tertiary/aromatic N) is 4. The Balaban J connectivity index is 0.00000925. The standard InChI is InChI=1S/C32H8F28N4.Zn/c33-21(34,25(41,42)29(49,50)51)17-9-1-2-10(61-9)18(22(35,36)26(43,44)30(52,53)54)12-5-6-14(63-12)20(24(39,40)28(47,48)32(58,59)60)16-8-7-15(64-16)19(13-4-3-11(17)62-13)23(37,38)27(45,46)31(55,56)57;/h1-8H;/q-2;+2. The first kappa shape index (κ1) is 52.9. The van der Waals surface area contributed by atoms with E-state index in [2.05, 4.69) is 19.9 Å². The third kappa shape index (κ3) is 7.66. The van der Waals surface area contributed by atoms with Crippen molar-refractivity contribution < 1.29 is 142 Å². The summed E-state index contributed by atoms with van der Waals surface area (Å²) in [5.74, 6) is -58.5. The topological polar surface area (TPSA) is 54.0 Å². The Morgan fingerprint density at radius 2 is 0.431 bits per heavy atom. The fourth-order valence-corrected chi connectivity index (χ4v) is 5.71. The zero-order valence-corrected chi connectivity index (χ0v) is 32.7. The molecular formula is C32H8F28N4Zn. The van der Waals surface area contributed by atoms with E-state index in [4.69, 9.17) is 0 Å². The molecule has 0 aliphatic carbocycles. The van der Waals surface area contributed by atoms with Crippen LogP contribution in [0, 0.1) is 0 Å². The van der Waals surface area contributed by atoms with Gasteiger partial charge in [-0.05, 0) is 24.3 Å². The van der Waals surface area contributed by atoms with Crippen LogP contribution in [0.3, 0.4) is 0 Å². The minimum absolute atomic E-state index is 0. The molecule has 0 saturated heterocycles. The number of hydrogen-bond acceptors (Lipinski definition) is 2. The van der Waals surface area contributed by atoms with Crippen LogP contribution in [0.4, 0.5) is 123 Å². The van der Waals surface area contributed by atoms with Gasteiger partial charge in [0.05, 0.1) is 22.8 Å². The second-order valence-corrected chi connectivity index (χ2v) is 12.9. The number of rotatable bonds is 8. The van der Waals surface area contributed by atoms with E-state index in [1.54, 1.807) is 0 Å². The minimum atomic E-state index is -7.53. The van der Waals surface area contributed by atoms with E-state index in [-0.39, 0.29) is 19.5 Å². The average Bonchev–Trinajstić information content (AvgIpc) is 3.93. The Labute approximate surface area is 350 Å². The van der Waals surface area contributed by atoms with Crippen LogP contribution in [0.5, 0.6) is 0 Å². The number of aromatic nitrogens is 4. The Morgan fingerprint density at radius 1 is 0.277 bits per heavy atom. The molecule has 5 heterocycles. The molecule has 2 aliphatic heterocycles. The Bertz CT molecular complexity index is 2240. The second-order valence-electron chi connectivity index (χ2n) is 12.9. The van der Waals surface area contributed by atoms with Gasteiger partial charge in [0, 0.05) is 22.3 Å². The molecule has 0 radical (unpaired) electrons. The van der Waals surface area contributed by atoms with Gasteiger partial charge in [-0.1, -0.05) is 24.3 Å². The quantitative estimate of drug-likeness (QED) is 0.115. The number of hydrogen-bond donors (Lipinski definition) is 0. The number of fused-ring (bicyclic) bond motifs is 8. The molecule has 5 rings (SSSR count). The van der Waals surface area contributed by atoms with Crippen LogP contribution in [-0.4, -0.2) is 58.4 Å². The Kier molecular flexibility index (Phi) is 12.3.